The Hall–Kier alpha value is -1.30. The number of carboxylic acid groups (broad SMARTS) is 2. The molecule has 0 unspecified atom stereocenters. The van der Waals surface area contributed by atoms with Gasteiger partial charge in [-0.3, -0.25) is 0 Å². The zero-order chi connectivity index (χ0) is 9.30. The Morgan fingerprint density at radius 2 is 2.00 bits per heavy atom. The van der Waals surface area contributed by atoms with Crippen LogP contribution in [0.4, 0.5) is 4.79 Å². The Labute approximate surface area is 75.4 Å². The van der Waals surface area contributed by atoms with Crippen LogP contribution < -0.4 is 0 Å². The van der Waals surface area contributed by atoms with E-state index in [9.17, 15) is 9.59 Å². The quantitative estimate of drug-likeness (QED) is 0.770. The van der Waals surface area contributed by atoms with Crippen LogP contribution in [0.5, 0.6) is 0 Å². The second-order valence-electron chi connectivity index (χ2n) is 2.00. The number of nitrogens with zero attached hydrogens (tertiary/aromatic N) is 1. The van der Waals surface area contributed by atoms with Gasteiger partial charge in [-0.2, -0.15) is 0 Å². The fourth-order valence-corrected chi connectivity index (χ4v) is 1.17. The molecule has 6 heteroatoms. The van der Waals surface area contributed by atoms with Crippen LogP contribution in [0.15, 0.2) is 16.7 Å². The number of rotatable bonds is 1. The molecule has 1 aromatic rings. The molecule has 0 aliphatic rings. The summed E-state index contributed by atoms with van der Waals surface area (Å²) in [5.41, 5.74) is -0.283. The molecule has 5 nitrogen and oxygen atoms in total. The molecule has 1 rings (SSSR count). The highest BCUT2D eigenvalue weighted by Gasteiger charge is 2.15. The first-order valence-electron chi connectivity index (χ1n) is 2.87. The lowest BCUT2D eigenvalue weighted by Gasteiger charge is -1.96. The summed E-state index contributed by atoms with van der Waals surface area (Å²) in [7, 11) is 0. The molecule has 0 fully saturated rings. The summed E-state index contributed by atoms with van der Waals surface area (Å²) in [5, 5.41) is 17.0. The average molecular weight is 234 g/mol. The number of carboxylic acids is 1. The van der Waals surface area contributed by atoms with E-state index < -0.39 is 12.1 Å². The van der Waals surface area contributed by atoms with Crippen LogP contribution in [0.1, 0.15) is 10.5 Å². The van der Waals surface area contributed by atoms with Crippen LogP contribution in [0, 0.1) is 0 Å². The number of aromatic carboxylic acids is 1. The zero-order valence-electron chi connectivity index (χ0n) is 5.69. The van der Waals surface area contributed by atoms with Crippen molar-refractivity contribution in [1.82, 2.24) is 4.57 Å². The molecule has 0 saturated carbocycles. The number of hydrogen-bond acceptors (Lipinski definition) is 2. The van der Waals surface area contributed by atoms with Gasteiger partial charge < -0.3 is 10.2 Å². The fraction of sp³-hybridized carbons (Fsp3) is 0. The SMILES string of the molecule is O=C(O)c1cc(Br)cn1C(=O)O. The van der Waals surface area contributed by atoms with Crippen molar-refractivity contribution in [3.63, 3.8) is 0 Å². The number of hydrogen-bond donors (Lipinski definition) is 2. The fourth-order valence-electron chi connectivity index (χ4n) is 0.753. The third-order valence-electron chi connectivity index (χ3n) is 1.21. The van der Waals surface area contributed by atoms with Crippen molar-refractivity contribution < 1.29 is 19.8 Å². The first-order valence-corrected chi connectivity index (χ1v) is 3.66. The summed E-state index contributed by atoms with van der Waals surface area (Å²) >= 11 is 2.97. The van der Waals surface area contributed by atoms with Gasteiger partial charge in [-0.05, 0) is 22.0 Å². The van der Waals surface area contributed by atoms with E-state index in [1.165, 1.54) is 12.3 Å². The predicted molar refractivity (Wildman–Crippen MR) is 42.5 cm³/mol. The van der Waals surface area contributed by atoms with Crippen LogP contribution >= 0.6 is 15.9 Å². The van der Waals surface area contributed by atoms with Gasteiger partial charge >= 0.3 is 12.1 Å². The highest BCUT2D eigenvalue weighted by Crippen LogP contribution is 2.14. The highest BCUT2D eigenvalue weighted by molar-refractivity contribution is 9.10. The Morgan fingerprint density at radius 1 is 1.42 bits per heavy atom. The van der Waals surface area contributed by atoms with Crippen molar-refractivity contribution in [3.8, 4) is 0 Å². The molecule has 0 aliphatic heterocycles. The maximum atomic E-state index is 10.4. The van der Waals surface area contributed by atoms with Gasteiger partial charge in [0.25, 0.3) is 0 Å². The molecule has 0 aromatic carbocycles. The topological polar surface area (TPSA) is 79.5 Å². The molecule has 2 N–H and O–H groups in total. The maximum Gasteiger partial charge on any atom is 0.416 e. The van der Waals surface area contributed by atoms with Crippen molar-refractivity contribution >= 4 is 28.0 Å². The molecule has 0 amide bonds. The van der Waals surface area contributed by atoms with Crippen LogP contribution in [-0.2, 0) is 0 Å². The minimum atomic E-state index is -1.32. The Morgan fingerprint density at radius 3 is 2.33 bits per heavy atom. The van der Waals surface area contributed by atoms with Gasteiger partial charge in [-0.15, -0.1) is 0 Å². The van der Waals surface area contributed by atoms with E-state index in [0.717, 1.165) is 0 Å². The summed E-state index contributed by atoms with van der Waals surface area (Å²) in [4.78, 5) is 20.9. The van der Waals surface area contributed by atoms with E-state index >= 15 is 0 Å². The van der Waals surface area contributed by atoms with E-state index in [0.29, 0.717) is 9.04 Å². The number of carbonyl (C=O) groups is 2. The standard InChI is InChI=1S/C6H4BrNO4/c7-3-1-4(5(9)10)8(2-3)6(11)12/h1-2H,(H,9,10)(H,11,12). The van der Waals surface area contributed by atoms with Gasteiger partial charge in [0.05, 0.1) is 0 Å². The van der Waals surface area contributed by atoms with Crippen LogP contribution in [-0.4, -0.2) is 26.8 Å². The van der Waals surface area contributed by atoms with Gasteiger partial charge in [0.2, 0.25) is 0 Å². The molecule has 0 atom stereocenters. The van der Waals surface area contributed by atoms with Crippen LogP contribution in [0.25, 0.3) is 0 Å². The van der Waals surface area contributed by atoms with Crippen molar-refractivity contribution in [3.05, 3.63) is 22.4 Å². The van der Waals surface area contributed by atoms with Crippen LogP contribution in [0.3, 0.4) is 0 Å². The molecule has 0 saturated heterocycles. The molecule has 0 spiro atoms. The van der Waals surface area contributed by atoms with Crippen LogP contribution in [0.2, 0.25) is 0 Å². The second kappa shape index (κ2) is 2.98. The van der Waals surface area contributed by atoms with E-state index in [1.807, 2.05) is 0 Å². The molecule has 1 heterocycles. The summed E-state index contributed by atoms with van der Waals surface area (Å²) in [6, 6.07) is 1.22. The smallest absolute Gasteiger partial charge is 0.416 e. The van der Waals surface area contributed by atoms with Gasteiger partial charge in [0.15, 0.2) is 0 Å². The normalized spacial score (nSPS) is 9.75. The number of aromatic nitrogens is 1. The van der Waals surface area contributed by atoms with Crippen molar-refractivity contribution in [2.75, 3.05) is 0 Å². The molecule has 64 valence electrons. The average Bonchev–Trinajstić information content (AvgIpc) is 2.31. The monoisotopic (exact) mass is 233 g/mol. The summed E-state index contributed by atoms with van der Waals surface area (Å²) in [5.74, 6) is -1.27. The van der Waals surface area contributed by atoms with E-state index in [4.69, 9.17) is 10.2 Å². The minimum absolute atomic E-state index is 0.283. The van der Waals surface area contributed by atoms with E-state index in [-0.39, 0.29) is 5.69 Å². The van der Waals surface area contributed by atoms with Crippen molar-refractivity contribution in [2.45, 2.75) is 0 Å². The van der Waals surface area contributed by atoms with Gasteiger partial charge in [0.1, 0.15) is 5.69 Å². The molecule has 1 aromatic heterocycles. The first kappa shape index (κ1) is 8.79. The van der Waals surface area contributed by atoms with Gasteiger partial charge in [-0.25, -0.2) is 14.2 Å². The summed E-state index contributed by atoms with van der Waals surface area (Å²) in [6.07, 6.45) is -0.149. The lowest BCUT2D eigenvalue weighted by atomic mass is 10.4. The first-order chi connectivity index (χ1) is 5.52. The zero-order valence-corrected chi connectivity index (χ0v) is 7.28. The van der Waals surface area contributed by atoms with E-state index in [2.05, 4.69) is 15.9 Å². The third-order valence-corrected chi connectivity index (χ3v) is 1.65. The lowest BCUT2D eigenvalue weighted by Crippen LogP contribution is -2.13. The van der Waals surface area contributed by atoms with Gasteiger partial charge in [-0.1, -0.05) is 0 Å². The molecular formula is C6H4BrNO4. The van der Waals surface area contributed by atoms with E-state index in [1.54, 1.807) is 0 Å². The molecule has 0 aliphatic carbocycles. The summed E-state index contributed by atoms with van der Waals surface area (Å²) < 4.78 is 1.05. The van der Waals surface area contributed by atoms with Crippen molar-refractivity contribution in [1.29, 1.82) is 0 Å². The van der Waals surface area contributed by atoms with Crippen molar-refractivity contribution in [2.24, 2.45) is 0 Å². The Kier molecular flexibility index (Phi) is 2.18. The molecule has 12 heavy (non-hydrogen) atoms. The Balaban J connectivity index is 3.26. The number of halogens is 1. The predicted octanol–water partition coefficient (Wildman–Crippen LogP) is 1.47. The maximum absolute atomic E-state index is 10.4. The highest BCUT2D eigenvalue weighted by atomic mass is 79.9. The lowest BCUT2D eigenvalue weighted by molar-refractivity contribution is 0.0684. The minimum Gasteiger partial charge on any atom is -0.477 e. The Bertz CT molecular complexity index is 312. The molecular weight excluding hydrogens is 230 g/mol. The molecule has 0 bridgehead atoms. The second-order valence-corrected chi connectivity index (χ2v) is 2.92. The molecule has 0 radical (unpaired) electrons. The summed E-state index contributed by atoms with van der Waals surface area (Å²) in [6.45, 7) is 0. The third kappa shape index (κ3) is 1.48. The van der Waals surface area contributed by atoms with Gasteiger partial charge in [0, 0.05) is 10.7 Å². The largest absolute Gasteiger partial charge is 0.477 e.